The Kier molecular flexibility index (Phi) is 4.13. The van der Waals surface area contributed by atoms with Gasteiger partial charge in [0, 0.05) is 17.5 Å². The number of carbonyl (C=O) groups excluding carboxylic acids is 2. The summed E-state index contributed by atoms with van der Waals surface area (Å²) in [5, 5.41) is 11.0. The minimum absolute atomic E-state index is 0.0501. The molecule has 2 aromatic rings. The first-order valence-corrected chi connectivity index (χ1v) is 9.82. The zero-order valence-corrected chi connectivity index (χ0v) is 16.0. The number of morpholine rings is 1. The number of amides is 1. The van der Waals surface area contributed by atoms with Crippen LogP contribution in [-0.4, -0.2) is 54.1 Å². The molecule has 8 heteroatoms. The van der Waals surface area contributed by atoms with Gasteiger partial charge in [-0.3, -0.25) is 9.59 Å². The van der Waals surface area contributed by atoms with E-state index in [9.17, 15) is 19.5 Å². The molecule has 0 spiro atoms. The van der Waals surface area contributed by atoms with E-state index in [0.29, 0.717) is 49.0 Å². The van der Waals surface area contributed by atoms with Gasteiger partial charge >= 0.3 is 5.63 Å². The third kappa shape index (κ3) is 2.66. The summed E-state index contributed by atoms with van der Waals surface area (Å²) in [6, 6.07) is 0.0695. The second kappa shape index (κ2) is 6.59. The fraction of sp³-hybridized carbons (Fsp3) is 0.476. The summed E-state index contributed by atoms with van der Waals surface area (Å²) < 4.78 is 16.6. The highest BCUT2D eigenvalue weighted by Gasteiger charge is 2.41. The van der Waals surface area contributed by atoms with E-state index in [4.69, 9.17) is 13.9 Å². The number of hydrogen-bond acceptors (Lipinski definition) is 7. The van der Waals surface area contributed by atoms with Gasteiger partial charge in [0.15, 0.2) is 23.4 Å². The monoisotopic (exact) mass is 399 g/mol. The molecular weight excluding hydrogens is 378 g/mol. The van der Waals surface area contributed by atoms with Crippen LogP contribution in [0.3, 0.4) is 0 Å². The average molecular weight is 399 g/mol. The zero-order valence-electron chi connectivity index (χ0n) is 16.0. The number of aromatic hydroxyl groups is 1. The van der Waals surface area contributed by atoms with Crippen LogP contribution < -0.4 is 10.4 Å². The van der Waals surface area contributed by atoms with E-state index in [1.807, 2.05) is 0 Å². The summed E-state index contributed by atoms with van der Waals surface area (Å²) in [6.45, 7) is 3.27. The number of hydrogen-bond donors (Lipinski definition) is 1. The van der Waals surface area contributed by atoms with Crippen molar-refractivity contribution >= 4 is 23.2 Å². The third-order valence-corrected chi connectivity index (χ3v) is 6.27. The van der Waals surface area contributed by atoms with Crippen molar-refractivity contribution in [2.45, 2.75) is 44.8 Å². The van der Waals surface area contributed by atoms with Crippen LogP contribution in [0, 0.1) is 6.92 Å². The molecule has 1 aromatic heterocycles. The van der Waals surface area contributed by atoms with Crippen molar-refractivity contribution in [3.63, 3.8) is 0 Å². The largest absolute Gasteiger partial charge is 0.504 e. The van der Waals surface area contributed by atoms with Gasteiger partial charge in [0.2, 0.25) is 5.91 Å². The SMILES string of the molecule is Cc1c(CC(=O)N2CC3CC2CO3)c(=O)oc2c(C=O)c(O)c3c(c12)CCCO3. The topological polar surface area (TPSA) is 106 Å². The lowest BCUT2D eigenvalue weighted by molar-refractivity contribution is -0.134. The third-order valence-electron chi connectivity index (χ3n) is 6.27. The highest BCUT2D eigenvalue weighted by Crippen LogP contribution is 2.44. The first-order chi connectivity index (χ1) is 14.0. The predicted molar refractivity (Wildman–Crippen MR) is 102 cm³/mol. The average Bonchev–Trinajstić information content (AvgIpc) is 3.35. The second-order valence-corrected chi connectivity index (χ2v) is 7.90. The van der Waals surface area contributed by atoms with E-state index in [1.54, 1.807) is 11.8 Å². The highest BCUT2D eigenvalue weighted by molar-refractivity contribution is 6.02. The van der Waals surface area contributed by atoms with Crippen molar-refractivity contribution in [2.75, 3.05) is 19.8 Å². The Morgan fingerprint density at radius 2 is 2.21 bits per heavy atom. The maximum Gasteiger partial charge on any atom is 0.340 e. The lowest BCUT2D eigenvalue weighted by Crippen LogP contribution is -2.42. The molecule has 2 fully saturated rings. The quantitative estimate of drug-likeness (QED) is 0.616. The van der Waals surface area contributed by atoms with Crippen LogP contribution in [0.5, 0.6) is 11.5 Å². The predicted octanol–water partition coefficient (Wildman–Crippen LogP) is 1.49. The lowest BCUT2D eigenvalue weighted by Gasteiger charge is -2.27. The summed E-state index contributed by atoms with van der Waals surface area (Å²) in [4.78, 5) is 39.0. The normalized spacial score (nSPS) is 22.6. The molecule has 1 N–H and O–H groups in total. The van der Waals surface area contributed by atoms with Gasteiger partial charge in [-0.1, -0.05) is 0 Å². The van der Waals surface area contributed by atoms with Gasteiger partial charge in [-0.2, -0.15) is 0 Å². The first kappa shape index (κ1) is 18.2. The minimum atomic E-state index is -0.664. The fourth-order valence-electron chi connectivity index (χ4n) is 4.81. The molecule has 0 saturated carbocycles. The zero-order chi connectivity index (χ0) is 20.3. The Morgan fingerprint density at radius 3 is 2.90 bits per heavy atom. The summed E-state index contributed by atoms with van der Waals surface area (Å²) >= 11 is 0. The maximum atomic E-state index is 12.9. The molecule has 0 radical (unpaired) electrons. The molecule has 3 aliphatic rings. The number of rotatable bonds is 3. The van der Waals surface area contributed by atoms with Crippen LogP contribution in [0.25, 0.3) is 11.0 Å². The van der Waals surface area contributed by atoms with Crippen molar-refractivity contribution in [3.05, 3.63) is 32.7 Å². The molecule has 1 aromatic carbocycles. The Balaban J connectivity index is 1.63. The van der Waals surface area contributed by atoms with E-state index in [-0.39, 0.29) is 52.7 Å². The van der Waals surface area contributed by atoms with E-state index in [1.165, 1.54) is 0 Å². The number of aryl methyl sites for hydroxylation is 2. The van der Waals surface area contributed by atoms with Gasteiger partial charge in [-0.25, -0.2) is 4.79 Å². The second-order valence-electron chi connectivity index (χ2n) is 7.90. The fourth-order valence-corrected chi connectivity index (χ4v) is 4.81. The Morgan fingerprint density at radius 1 is 1.38 bits per heavy atom. The molecule has 8 nitrogen and oxygen atoms in total. The van der Waals surface area contributed by atoms with Crippen molar-refractivity contribution in [1.82, 2.24) is 4.90 Å². The Labute approximate surface area is 166 Å². The molecule has 2 bridgehead atoms. The number of phenols is 1. The van der Waals surface area contributed by atoms with E-state index in [2.05, 4.69) is 0 Å². The van der Waals surface area contributed by atoms with Crippen LogP contribution in [0.1, 0.15) is 39.9 Å². The summed E-state index contributed by atoms with van der Waals surface area (Å²) in [7, 11) is 0. The summed E-state index contributed by atoms with van der Waals surface area (Å²) in [6.07, 6.45) is 2.67. The molecule has 2 unspecified atom stereocenters. The number of likely N-dealkylation sites (tertiary alicyclic amines) is 1. The van der Waals surface area contributed by atoms with E-state index >= 15 is 0 Å². The number of ether oxygens (including phenoxy) is 2. The van der Waals surface area contributed by atoms with Crippen molar-refractivity contribution in [3.8, 4) is 11.5 Å². The van der Waals surface area contributed by atoms with Gasteiger partial charge in [0.05, 0.1) is 37.3 Å². The molecule has 5 rings (SSSR count). The number of nitrogens with zero attached hydrogens (tertiary/aromatic N) is 1. The van der Waals surface area contributed by atoms with Crippen LogP contribution in [0.2, 0.25) is 0 Å². The molecule has 3 aliphatic heterocycles. The molecule has 4 heterocycles. The Hall–Kier alpha value is -2.87. The van der Waals surface area contributed by atoms with Crippen LogP contribution in [-0.2, 0) is 22.4 Å². The standard InChI is InChI=1S/C21H21NO7/c1-10-14(6-16(24)22-7-12-5-11(22)9-28-12)21(26)29-19-15(8-23)18(25)20-13(17(10)19)3-2-4-27-20/h8,11-12,25H,2-7,9H2,1H3. The van der Waals surface area contributed by atoms with Gasteiger partial charge < -0.3 is 23.9 Å². The smallest absolute Gasteiger partial charge is 0.340 e. The van der Waals surface area contributed by atoms with E-state index in [0.717, 1.165) is 12.8 Å². The van der Waals surface area contributed by atoms with Gasteiger partial charge in [0.1, 0.15) is 5.56 Å². The molecule has 2 atom stereocenters. The van der Waals surface area contributed by atoms with Crippen LogP contribution in [0.4, 0.5) is 0 Å². The number of fused-ring (bicyclic) bond motifs is 5. The number of benzene rings is 1. The summed E-state index contributed by atoms with van der Waals surface area (Å²) in [5.74, 6) is -0.175. The van der Waals surface area contributed by atoms with Gasteiger partial charge in [-0.15, -0.1) is 0 Å². The molecule has 1 amide bonds. The highest BCUT2D eigenvalue weighted by atomic mass is 16.5. The minimum Gasteiger partial charge on any atom is -0.504 e. The Bertz CT molecular complexity index is 1100. The molecule has 0 aliphatic carbocycles. The molecule has 29 heavy (non-hydrogen) atoms. The number of carbonyl (C=O) groups is 2. The van der Waals surface area contributed by atoms with E-state index < -0.39 is 5.63 Å². The van der Waals surface area contributed by atoms with Crippen LogP contribution >= 0.6 is 0 Å². The molecule has 2 saturated heterocycles. The van der Waals surface area contributed by atoms with Crippen molar-refractivity contribution in [1.29, 1.82) is 0 Å². The van der Waals surface area contributed by atoms with Crippen molar-refractivity contribution < 1.29 is 28.6 Å². The van der Waals surface area contributed by atoms with Gasteiger partial charge in [0.25, 0.3) is 0 Å². The molecular formula is C21H21NO7. The maximum absolute atomic E-state index is 12.9. The van der Waals surface area contributed by atoms with Crippen molar-refractivity contribution in [2.24, 2.45) is 0 Å². The number of aldehydes is 1. The van der Waals surface area contributed by atoms with Gasteiger partial charge in [-0.05, 0) is 31.7 Å². The first-order valence-electron chi connectivity index (χ1n) is 9.82. The van der Waals surface area contributed by atoms with Crippen LogP contribution in [0.15, 0.2) is 9.21 Å². The lowest BCUT2D eigenvalue weighted by atomic mass is 9.92. The molecule has 152 valence electrons. The number of phenolic OH excluding ortho intramolecular Hbond substituents is 1. The summed E-state index contributed by atoms with van der Waals surface area (Å²) in [5.41, 5.74) is 0.861.